The van der Waals surface area contributed by atoms with E-state index in [0.717, 1.165) is 26.5 Å². The van der Waals surface area contributed by atoms with Gasteiger partial charge in [0.1, 0.15) is 5.58 Å². The van der Waals surface area contributed by atoms with E-state index in [-0.39, 0.29) is 12.1 Å². The van der Waals surface area contributed by atoms with Crippen LogP contribution in [0.4, 0.5) is 10.5 Å². The molecule has 0 unspecified atom stereocenters. The summed E-state index contributed by atoms with van der Waals surface area (Å²) < 4.78 is 5.23. The Morgan fingerprint density at radius 2 is 2.00 bits per heavy atom. The lowest BCUT2D eigenvalue weighted by atomic mass is 10.1. The van der Waals surface area contributed by atoms with Crippen molar-refractivity contribution >= 4 is 34.0 Å². The Kier molecular flexibility index (Phi) is 4.82. The highest BCUT2D eigenvalue weighted by molar-refractivity contribution is 7.11. The van der Waals surface area contributed by atoms with Crippen molar-refractivity contribution in [1.29, 1.82) is 0 Å². The number of aryl methyl sites for hydroxylation is 3. The maximum absolute atomic E-state index is 12.6. The van der Waals surface area contributed by atoms with E-state index in [1.165, 1.54) is 6.07 Å². The van der Waals surface area contributed by atoms with Gasteiger partial charge in [-0.2, -0.15) is 0 Å². The fraction of sp³-hybridized carbons (Fsp3) is 0.316. The van der Waals surface area contributed by atoms with Gasteiger partial charge in [0.2, 0.25) is 0 Å². The lowest BCUT2D eigenvalue weighted by molar-refractivity contribution is 0.207. The molecule has 7 heteroatoms. The first-order valence-corrected chi connectivity index (χ1v) is 9.10. The average Bonchev–Trinajstić information content (AvgIpc) is 2.91. The number of fused-ring (bicyclic) bond motifs is 1. The van der Waals surface area contributed by atoms with E-state index in [0.29, 0.717) is 11.3 Å². The van der Waals surface area contributed by atoms with Crippen LogP contribution in [0.2, 0.25) is 0 Å². The van der Waals surface area contributed by atoms with Gasteiger partial charge in [0.15, 0.2) is 0 Å². The van der Waals surface area contributed by atoms with E-state index in [9.17, 15) is 9.59 Å². The van der Waals surface area contributed by atoms with Crippen LogP contribution < -0.4 is 10.9 Å². The molecule has 0 saturated carbocycles. The number of nitrogens with one attached hydrogen (secondary N) is 1. The molecule has 0 fully saturated rings. The summed E-state index contributed by atoms with van der Waals surface area (Å²) in [5.41, 5.74) is 2.37. The number of benzene rings is 1. The summed E-state index contributed by atoms with van der Waals surface area (Å²) in [6.07, 6.45) is 0. The van der Waals surface area contributed by atoms with Crippen LogP contribution in [-0.4, -0.2) is 23.0 Å². The maximum atomic E-state index is 12.6. The number of urea groups is 1. The molecule has 0 radical (unpaired) electrons. The van der Waals surface area contributed by atoms with Crippen molar-refractivity contribution < 1.29 is 9.21 Å². The monoisotopic (exact) mass is 371 g/mol. The van der Waals surface area contributed by atoms with Crippen LogP contribution >= 0.6 is 11.3 Å². The lowest BCUT2D eigenvalue weighted by Gasteiger charge is -2.24. The van der Waals surface area contributed by atoms with Crippen molar-refractivity contribution in [1.82, 2.24) is 9.88 Å². The van der Waals surface area contributed by atoms with Gasteiger partial charge in [0.05, 0.1) is 16.7 Å². The van der Waals surface area contributed by atoms with Crippen LogP contribution in [0, 0.1) is 20.8 Å². The van der Waals surface area contributed by atoms with Crippen LogP contribution in [0.3, 0.4) is 0 Å². The van der Waals surface area contributed by atoms with Crippen molar-refractivity contribution in [2.45, 2.75) is 33.7 Å². The molecule has 0 bridgehead atoms. The molecule has 136 valence electrons. The van der Waals surface area contributed by atoms with Gasteiger partial charge < -0.3 is 14.6 Å². The summed E-state index contributed by atoms with van der Waals surface area (Å²) in [5, 5.41) is 4.68. The van der Waals surface area contributed by atoms with Crippen molar-refractivity contribution in [3.63, 3.8) is 0 Å². The summed E-state index contributed by atoms with van der Waals surface area (Å²) in [7, 11) is 1.74. The molecule has 0 saturated heterocycles. The van der Waals surface area contributed by atoms with Gasteiger partial charge in [-0.25, -0.2) is 14.6 Å². The Balaban J connectivity index is 1.81. The lowest BCUT2D eigenvalue weighted by Crippen LogP contribution is -2.34. The number of aromatic nitrogens is 1. The molecule has 0 aliphatic heterocycles. The van der Waals surface area contributed by atoms with Crippen molar-refractivity contribution in [3.8, 4) is 0 Å². The predicted molar refractivity (Wildman–Crippen MR) is 104 cm³/mol. The number of rotatable bonds is 3. The van der Waals surface area contributed by atoms with Crippen LogP contribution in [0.5, 0.6) is 0 Å². The van der Waals surface area contributed by atoms with Gasteiger partial charge >= 0.3 is 11.7 Å². The third-order valence-corrected chi connectivity index (χ3v) is 5.34. The second-order valence-electron chi connectivity index (χ2n) is 6.35. The fourth-order valence-electron chi connectivity index (χ4n) is 2.91. The Bertz CT molecular complexity index is 1040. The first-order chi connectivity index (χ1) is 12.3. The highest BCUT2D eigenvalue weighted by Crippen LogP contribution is 2.27. The molecule has 26 heavy (non-hydrogen) atoms. The van der Waals surface area contributed by atoms with Crippen LogP contribution in [0.25, 0.3) is 11.0 Å². The molecule has 3 aromatic rings. The van der Waals surface area contributed by atoms with Crippen molar-refractivity contribution in [2.24, 2.45) is 0 Å². The molecule has 6 nitrogen and oxygen atoms in total. The van der Waals surface area contributed by atoms with Crippen LogP contribution in [-0.2, 0) is 0 Å². The zero-order chi connectivity index (χ0) is 19.0. The molecule has 0 spiro atoms. The van der Waals surface area contributed by atoms with Crippen LogP contribution in [0.15, 0.2) is 33.5 Å². The number of hydrogen-bond donors (Lipinski definition) is 1. The van der Waals surface area contributed by atoms with Crippen molar-refractivity contribution in [3.05, 3.63) is 55.8 Å². The Labute approximate surface area is 155 Å². The van der Waals surface area contributed by atoms with Gasteiger partial charge in [-0.3, -0.25) is 0 Å². The van der Waals surface area contributed by atoms with Gasteiger partial charge in [0.25, 0.3) is 0 Å². The molecule has 1 aromatic carbocycles. The summed E-state index contributed by atoms with van der Waals surface area (Å²) in [6, 6.07) is 6.34. The molecule has 2 amide bonds. The standard InChI is InChI=1S/C19H21N3O3S/c1-10-8-17(23)25-16-9-14(6-7-15(10)16)21-19(24)22(5)11(2)18-12(3)26-13(4)20-18/h6-9,11H,1-5H3,(H,21,24)/t11-/m0/s1. The van der Waals surface area contributed by atoms with Crippen molar-refractivity contribution in [2.75, 3.05) is 12.4 Å². The van der Waals surface area contributed by atoms with Gasteiger partial charge in [-0.1, -0.05) is 0 Å². The predicted octanol–water partition coefficient (Wildman–Crippen LogP) is 4.40. The first kappa shape index (κ1) is 18.1. The number of hydrogen-bond acceptors (Lipinski definition) is 5. The number of amides is 2. The highest BCUT2D eigenvalue weighted by Gasteiger charge is 2.22. The minimum Gasteiger partial charge on any atom is -0.423 e. The quantitative estimate of drug-likeness (QED) is 0.693. The SMILES string of the molecule is Cc1nc([C@H](C)N(C)C(=O)Nc2ccc3c(C)cc(=O)oc3c2)c(C)s1. The normalized spacial score (nSPS) is 12.2. The van der Waals surface area contributed by atoms with E-state index in [2.05, 4.69) is 10.3 Å². The maximum Gasteiger partial charge on any atom is 0.336 e. The number of carbonyl (C=O) groups excluding carboxylic acids is 1. The number of nitrogens with zero attached hydrogens (tertiary/aromatic N) is 2. The van der Waals surface area contributed by atoms with Gasteiger partial charge in [-0.05, 0) is 45.4 Å². The van der Waals surface area contributed by atoms with E-state index in [1.54, 1.807) is 35.4 Å². The topological polar surface area (TPSA) is 75.4 Å². The average molecular weight is 371 g/mol. The summed E-state index contributed by atoms with van der Waals surface area (Å²) in [6.45, 7) is 7.77. The molecule has 2 heterocycles. The molecule has 0 aliphatic rings. The number of carbonyl (C=O) groups is 1. The smallest absolute Gasteiger partial charge is 0.336 e. The molecule has 1 N–H and O–H groups in total. The minimum absolute atomic E-state index is 0.152. The number of thiazole rings is 1. The highest BCUT2D eigenvalue weighted by atomic mass is 32.1. The third kappa shape index (κ3) is 3.48. The summed E-state index contributed by atoms with van der Waals surface area (Å²) >= 11 is 1.62. The van der Waals surface area contributed by atoms with E-state index >= 15 is 0 Å². The van der Waals surface area contributed by atoms with E-state index < -0.39 is 5.63 Å². The first-order valence-electron chi connectivity index (χ1n) is 8.28. The van der Waals surface area contributed by atoms with E-state index in [1.807, 2.05) is 33.8 Å². The van der Waals surface area contributed by atoms with Gasteiger partial charge in [-0.15, -0.1) is 11.3 Å². The minimum atomic E-state index is -0.404. The molecular weight excluding hydrogens is 350 g/mol. The fourth-order valence-corrected chi connectivity index (χ4v) is 3.81. The molecular formula is C19H21N3O3S. The largest absolute Gasteiger partial charge is 0.423 e. The van der Waals surface area contributed by atoms with E-state index in [4.69, 9.17) is 4.42 Å². The second-order valence-corrected chi connectivity index (χ2v) is 7.76. The second kappa shape index (κ2) is 6.92. The summed E-state index contributed by atoms with van der Waals surface area (Å²) in [5.74, 6) is 0. The molecule has 3 rings (SSSR count). The molecule has 0 aliphatic carbocycles. The Morgan fingerprint density at radius 1 is 1.27 bits per heavy atom. The summed E-state index contributed by atoms with van der Waals surface area (Å²) in [4.78, 5) is 31.4. The zero-order valence-electron chi connectivity index (χ0n) is 15.4. The zero-order valence-corrected chi connectivity index (χ0v) is 16.2. The Morgan fingerprint density at radius 3 is 2.65 bits per heavy atom. The van der Waals surface area contributed by atoms with Gasteiger partial charge in [0, 0.05) is 35.1 Å². The third-order valence-electron chi connectivity index (χ3n) is 4.44. The molecule has 2 aromatic heterocycles. The number of anilines is 1. The Hall–Kier alpha value is -2.67. The van der Waals surface area contributed by atoms with Crippen LogP contribution in [0.1, 0.15) is 34.1 Å². The molecule has 1 atom stereocenters.